The highest BCUT2D eigenvalue weighted by atomic mass is 19.4. The second-order valence-corrected chi connectivity index (χ2v) is 5.25. The molecule has 0 fully saturated rings. The zero-order valence-electron chi connectivity index (χ0n) is 13.6. The number of nitrogens with zero attached hydrogens (tertiary/aromatic N) is 3. The van der Waals surface area contributed by atoms with Gasteiger partial charge in [0.25, 0.3) is 0 Å². The molecule has 0 saturated heterocycles. The van der Waals surface area contributed by atoms with Gasteiger partial charge in [0.05, 0.1) is 4.92 Å². The van der Waals surface area contributed by atoms with E-state index in [1.165, 1.54) is 0 Å². The number of ether oxygens (including phenoxy) is 1. The molecule has 0 aliphatic rings. The van der Waals surface area contributed by atoms with E-state index in [1.807, 2.05) is 0 Å². The Bertz CT molecular complexity index is 829. The molecule has 7 nitrogen and oxygen atoms in total. The molecular formula is C11H6F11N3O4. The van der Waals surface area contributed by atoms with Gasteiger partial charge in [-0.15, -0.1) is 0 Å². The van der Waals surface area contributed by atoms with Crippen LogP contribution in [0.5, 0.6) is 0 Å². The first kappa shape index (κ1) is 24.5. The van der Waals surface area contributed by atoms with Crippen LogP contribution in [0.2, 0.25) is 0 Å². The summed E-state index contributed by atoms with van der Waals surface area (Å²) in [6.07, 6.45) is -21.3. The largest absolute Gasteiger partial charge is 0.462 e. The minimum absolute atomic E-state index is 0.295. The van der Waals surface area contributed by atoms with Gasteiger partial charge in [0.2, 0.25) is 11.6 Å². The maximum Gasteiger partial charge on any atom is 0.462 e. The molecule has 166 valence electrons. The molecule has 0 bridgehead atoms. The van der Waals surface area contributed by atoms with Gasteiger partial charge in [-0.1, -0.05) is 0 Å². The van der Waals surface area contributed by atoms with E-state index >= 15 is 0 Å². The summed E-state index contributed by atoms with van der Waals surface area (Å²) in [4.78, 5) is 20.3. The lowest BCUT2D eigenvalue weighted by Crippen LogP contribution is -2.58. The lowest BCUT2D eigenvalue weighted by molar-refractivity contribution is -0.490. The molecule has 0 radical (unpaired) electrons. The molecule has 0 aromatic carbocycles. The Kier molecular flexibility index (Phi) is 5.72. The van der Waals surface area contributed by atoms with Crippen LogP contribution in [0.15, 0.2) is 0 Å². The molecule has 1 atom stereocenters. The number of carbonyl (C=O) groups is 1. The Labute approximate surface area is 151 Å². The van der Waals surface area contributed by atoms with Gasteiger partial charge in [0.15, 0.2) is 0 Å². The van der Waals surface area contributed by atoms with Crippen molar-refractivity contribution >= 4 is 11.6 Å². The second kappa shape index (κ2) is 6.77. The summed E-state index contributed by atoms with van der Waals surface area (Å²) in [5.41, 5.74) is -6.09. The third kappa shape index (κ3) is 3.84. The van der Waals surface area contributed by atoms with Gasteiger partial charge in [0, 0.05) is 6.92 Å². The van der Waals surface area contributed by atoms with Crippen molar-refractivity contribution in [1.29, 1.82) is 0 Å². The normalized spacial score (nSPS) is 15.9. The number of hydrogen-bond acceptors (Lipinski definition) is 5. The Morgan fingerprint density at radius 2 is 1.45 bits per heavy atom. The standard InChI is InChI=1S/C11H6F11N3O4/c1-3-5(25(27)28)6(23-24(3)4(2)26)7(12,9(15,16)17)29-11(21,22)8(13,14)10(18,19)20/h1-2H3/t7-/m1/s1. The Hall–Kier alpha value is -2.53. The summed E-state index contributed by atoms with van der Waals surface area (Å²) in [5, 5.41) is 13.4. The molecule has 1 rings (SSSR count). The van der Waals surface area contributed by atoms with Gasteiger partial charge >= 0.3 is 35.9 Å². The van der Waals surface area contributed by atoms with Crippen LogP contribution >= 0.6 is 0 Å². The molecule has 0 spiro atoms. The van der Waals surface area contributed by atoms with Crippen LogP contribution in [0.25, 0.3) is 0 Å². The fourth-order valence-corrected chi connectivity index (χ4v) is 1.88. The summed E-state index contributed by atoms with van der Waals surface area (Å²) in [7, 11) is 0. The SMILES string of the molecule is CC(=O)n1nc([C@@](F)(OC(F)(F)C(F)(F)C(F)(F)F)C(F)(F)F)c([N+](=O)[O-])c1C. The smallest absolute Gasteiger partial charge is 0.273 e. The summed E-state index contributed by atoms with van der Waals surface area (Å²) in [6.45, 7) is 1.02. The van der Waals surface area contributed by atoms with Crippen molar-refractivity contribution in [3.05, 3.63) is 21.5 Å². The van der Waals surface area contributed by atoms with E-state index in [0.717, 1.165) is 0 Å². The van der Waals surface area contributed by atoms with Gasteiger partial charge < -0.3 is 0 Å². The highest BCUT2D eigenvalue weighted by molar-refractivity contribution is 5.77. The van der Waals surface area contributed by atoms with Gasteiger partial charge in [0.1, 0.15) is 5.69 Å². The van der Waals surface area contributed by atoms with E-state index in [9.17, 15) is 63.2 Å². The maximum absolute atomic E-state index is 14.5. The van der Waals surface area contributed by atoms with E-state index in [1.54, 1.807) is 0 Å². The molecule has 1 heterocycles. The predicted octanol–water partition coefficient (Wildman–Crippen LogP) is 4.25. The molecule has 1 aromatic heterocycles. The van der Waals surface area contributed by atoms with Gasteiger partial charge in [-0.3, -0.25) is 19.6 Å². The molecule has 0 aliphatic carbocycles. The van der Waals surface area contributed by atoms with Crippen molar-refractivity contribution in [2.45, 2.75) is 44.1 Å². The zero-order chi connectivity index (χ0) is 23.4. The average molecular weight is 453 g/mol. The monoisotopic (exact) mass is 453 g/mol. The predicted molar refractivity (Wildman–Crippen MR) is 65.8 cm³/mol. The van der Waals surface area contributed by atoms with Crippen LogP contribution in [0, 0.1) is 17.0 Å². The summed E-state index contributed by atoms with van der Waals surface area (Å²) in [6, 6.07) is 0. The van der Waals surface area contributed by atoms with Crippen molar-refractivity contribution < 1.29 is 62.7 Å². The van der Waals surface area contributed by atoms with Gasteiger partial charge in [-0.2, -0.15) is 58.1 Å². The fraction of sp³-hybridized carbons (Fsp3) is 0.636. The third-order valence-electron chi connectivity index (χ3n) is 3.23. The Morgan fingerprint density at radius 3 is 1.76 bits per heavy atom. The van der Waals surface area contributed by atoms with Gasteiger partial charge in [-0.05, 0) is 6.92 Å². The van der Waals surface area contributed by atoms with Crippen LogP contribution in [0.3, 0.4) is 0 Å². The van der Waals surface area contributed by atoms with Crippen LogP contribution in [0.1, 0.15) is 23.1 Å². The topological polar surface area (TPSA) is 87.3 Å². The minimum atomic E-state index is -7.35. The third-order valence-corrected chi connectivity index (χ3v) is 3.23. The number of hydrogen-bond donors (Lipinski definition) is 0. The van der Waals surface area contributed by atoms with Crippen LogP contribution in [-0.4, -0.2) is 45.0 Å². The molecule has 18 heteroatoms. The highest BCUT2D eigenvalue weighted by Gasteiger charge is 2.79. The fourth-order valence-electron chi connectivity index (χ4n) is 1.88. The van der Waals surface area contributed by atoms with Crippen molar-refractivity contribution in [2.24, 2.45) is 0 Å². The van der Waals surface area contributed by atoms with E-state index in [2.05, 4.69) is 9.84 Å². The first-order valence-electron chi connectivity index (χ1n) is 6.65. The molecule has 0 unspecified atom stereocenters. The molecule has 0 amide bonds. The zero-order valence-corrected chi connectivity index (χ0v) is 13.6. The van der Waals surface area contributed by atoms with Crippen molar-refractivity contribution in [1.82, 2.24) is 9.78 Å². The van der Waals surface area contributed by atoms with Crippen LogP contribution < -0.4 is 0 Å². The molecule has 29 heavy (non-hydrogen) atoms. The number of carbonyl (C=O) groups excluding carboxylic acids is 1. The van der Waals surface area contributed by atoms with E-state index in [4.69, 9.17) is 0 Å². The number of nitro groups is 1. The van der Waals surface area contributed by atoms with Crippen molar-refractivity contribution in [3.63, 3.8) is 0 Å². The average Bonchev–Trinajstić information content (AvgIpc) is 2.82. The maximum atomic E-state index is 14.5. The molecular weight excluding hydrogens is 447 g/mol. The molecule has 1 aromatic rings. The lowest BCUT2D eigenvalue weighted by atomic mass is 10.1. The minimum Gasteiger partial charge on any atom is -0.273 e. The van der Waals surface area contributed by atoms with Crippen LogP contribution in [-0.2, 0) is 10.6 Å². The Morgan fingerprint density at radius 1 is 1.00 bits per heavy atom. The summed E-state index contributed by atoms with van der Waals surface area (Å²) in [5.74, 6) is -15.1. The number of aromatic nitrogens is 2. The summed E-state index contributed by atoms with van der Waals surface area (Å²) >= 11 is 0. The quantitative estimate of drug-likeness (QED) is 0.378. The Balaban J connectivity index is 3.84. The first-order valence-corrected chi connectivity index (χ1v) is 6.65. The number of rotatable bonds is 5. The number of halogens is 11. The van der Waals surface area contributed by atoms with E-state index in [0.29, 0.717) is 13.8 Å². The van der Waals surface area contributed by atoms with Crippen molar-refractivity contribution in [2.75, 3.05) is 0 Å². The van der Waals surface area contributed by atoms with Gasteiger partial charge in [-0.25, -0.2) is 0 Å². The van der Waals surface area contributed by atoms with Crippen molar-refractivity contribution in [3.8, 4) is 0 Å². The first-order chi connectivity index (χ1) is 12.6. The second-order valence-electron chi connectivity index (χ2n) is 5.25. The van der Waals surface area contributed by atoms with E-state index in [-0.39, 0.29) is 4.68 Å². The summed E-state index contributed by atoms with van der Waals surface area (Å²) < 4.78 is 144. The van der Waals surface area contributed by atoms with Crippen LogP contribution in [0.4, 0.5) is 54.0 Å². The number of alkyl halides is 11. The highest BCUT2D eigenvalue weighted by Crippen LogP contribution is 2.55. The lowest BCUT2D eigenvalue weighted by Gasteiger charge is -2.33. The molecule has 0 aliphatic heterocycles. The molecule has 0 saturated carbocycles. The van der Waals surface area contributed by atoms with E-state index < -0.39 is 58.1 Å². The molecule has 0 N–H and O–H groups in total.